The van der Waals surface area contributed by atoms with Crippen LogP contribution in [0.1, 0.15) is 32.6 Å². The quantitative estimate of drug-likeness (QED) is 0.566. The second kappa shape index (κ2) is 10.4. The van der Waals surface area contributed by atoms with Crippen LogP contribution in [0.25, 0.3) is 0 Å². The SMILES string of the molecule is CCNC(=NCCC(=O)N(C)C)N(C)CCC1CCOCC1. The second-order valence-corrected chi connectivity index (χ2v) is 6.04. The van der Waals surface area contributed by atoms with E-state index in [0.717, 1.165) is 38.2 Å². The Kier molecular flexibility index (Phi) is 8.89. The van der Waals surface area contributed by atoms with Crippen molar-refractivity contribution in [2.24, 2.45) is 10.9 Å². The van der Waals surface area contributed by atoms with Gasteiger partial charge in [0, 0.05) is 53.9 Å². The third kappa shape index (κ3) is 7.11. The highest BCUT2D eigenvalue weighted by molar-refractivity contribution is 5.80. The summed E-state index contributed by atoms with van der Waals surface area (Å²) in [6.07, 6.45) is 3.95. The molecule has 1 aliphatic rings. The number of nitrogens with zero attached hydrogens (tertiary/aromatic N) is 3. The molecule has 1 heterocycles. The van der Waals surface area contributed by atoms with Crippen molar-refractivity contribution in [2.45, 2.75) is 32.6 Å². The molecule has 0 spiro atoms. The van der Waals surface area contributed by atoms with Crippen LogP contribution in [-0.4, -0.2) is 75.7 Å². The minimum absolute atomic E-state index is 0.115. The van der Waals surface area contributed by atoms with E-state index in [2.05, 4.69) is 29.2 Å². The summed E-state index contributed by atoms with van der Waals surface area (Å²) >= 11 is 0. The highest BCUT2D eigenvalue weighted by atomic mass is 16.5. The Morgan fingerprint density at radius 2 is 1.95 bits per heavy atom. The first-order valence-corrected chi connectivity index (χ1v) is 8.32. The van der Waals surface area contributed by atoms with Crippen LogP contribution in [0.4, 0.5) is 0 Å². The lowest BCUT2D eigenvalue weighted by Crippen LogP contribution is -2.40. The number of ether oxygens (including phenoxy) is 1. The number of carbonyl (C=O) groups excluding carboxylic acids is 1. The monoisotopic (exact) mass is 312 g/mol. The third-order valence-corrected chi connectivity index (χ3v) is 4.00. The number of guanidine groups is 1. The van der Waals surface area contributed by atoms with Crippen LogP contribution in [0.3, 0.4) is 0 Å². The fourth-order valence-electron chi connectivity index (χ4n) is 2.47. The van der Waals surface area contributed by atoms with Crippen LogP contribution in [0, 0.1) is 5.92 Å². The fraction of sp³-hybridized carbons (Fsp3) is 0.875. The number of nitrogens with one attached hydrogen (secondary N) is 1. The van der Waals surface area contributed by atoms with Crippen LogP contribution in [0.5, 0.6) is 0 Å². The third-order valence-electron chi connectivity index (χ3n) is 4.00. The summed E-state index contributed by atoms with van der Waals surface area (Å²) in [5.74, 6) is 1.76. The Morgan fingerprint density at radius 3 is 2.55 bits per heavy atom. The maximum absolute atomic E-state index is 11.6. The van der Waals surface area contributed by atoms with E-state index in [1.165, 1.54) is 19.3 Å². The highest BCUT2D eigenvalue weighted by Gasteiger charge is 2.15. The molecular formula is C16H32N4O2. The van der Waals surface area contributed by atoms with Crippen molar-refractivity contribution in [3.8, 4) is 0 Å². The predicted molar refractivity (Wildman–Crippen MR) is 90.1 cm³/mol. The van der Waals surface area contributed by atoms with Crippen molar-refractivity contribution in [1.82, 2.24) is 15.1 Å². The Balaban J connectivity index is 2.40. The minimum atomic E-state index is 0.115. The molecule has 0 aromatic carbocycles. The van der Waals surface area contributed by atoms with Gasteiger partial charge in [0.2, 0.25) is 5.91 Å². The maximum atomic E-state index is 11.6. The molecule has 6 nitrogen and oxygen atoms in total. The molecule has 22 heavy (non-hydrogen) atoms. The van der Waals surface area contributed by atoms with Crippen molar-refractivity contribution in [3.05, 3.63) is 0 Å². The van der Waals surface area contributed by atoms with E-state index >= 15 is 0 Å². The lowest BCUT2D eigenvalue weighted by atomic mass is 9.96. The molecule has 1 saturated heterocycles. The summed E-state index contributed by atoms with van der Waals surface area (Å²) in [4.78, 5) is 19.9. The van der Waals surface area contributed by atoms with E-state index in [1.807, 2.05) is 0 Å². The molecule has 0 radical (unpaired) electrons. The molecule has 0 atom stereocenters. The van der Waals surface area contributed by atoms with E-state index in [9.17, 15) is 4.79 Å². The van der Waals surface area contributed by atoms with Crippen molar-refractivity contribution in [3.63, 3.8) is 0 Å². The molecule has 0 saturated carbocycles. The number of hydrogen-bond donors (Lipinski definition) is 1. The largest absolute Gasteiger partial charge is 0.381 e. The van der Waals surface area contributed by atoms with Crippen LogP contribution in [-0.2, 0) is 9.53 Å². The molecule has 1 fully saturated rings. The summed E-state index contributed by atoms with van der Waals surface area (Å²) in [7, 11) is 5.61. The molecule has 1 N–H and O–H groups in total. The van der Waals surface area contributed by atoms with Crippen molar-refractivity contribution < 1.29 is 9.53 Å². The first kappa shape index (κ1) is 18.7. The molecule has 0 bridgehead atoms. The minimum Gasteiger partial charge on any atom is -0.381 e. The Hall–Kier alpha value is -1.30. The van der Waals surface area contributed by atoms with Gasteiger partial charge in [0.05, 0.1) is 6.54 Å². The molecule has 1 aliphatic heterocycles. The van der Waals surface area contributed by atoms with E-state index in [4.69, 9.17) is 4.74 Å². The molecule has 0 aromatic rings. The maximum Gasteiger partial charge on any atom is 0.223 e. The molecule has 0 aromatic heterocycles. The predicted octanol–water partition coefficient (Wildman–Crippen LogP) is 1.18. The smallest absolute Gasteiger partial charge is 0.223 e. The van der Waals surface area contributed by atoms with E-state index in [0.29, 0.717) is 13.0 Å². The summed E-state index contributed by atoms with van der Waals surface area (Å²) in [5.41, 5.74) is 0. The number of carbonyl (C=O) groups is 1. The average molecular weight is 312 g/mol. The van der Waals surface area contributed by atoms with Gasteiger partial charge in [-0.15, -0.1) is 0 Å². The molecule has 1 rings (SSSR count). The van der Waals surface area contributed by atoms with Crippen molar-refractivity contribution in [2.75, 3.05) is 54.0 Å². The molecule has 0 aliphatic carbocycles. The van der Waals surface area contributed by atoms with Crippen molar-refractivity contribution in [1.29, 1.82) is 0 Å². The lowest BCUT2D eigenvalue weighted by Gasteiger charge is -2.26. The van der Waals surface area contributed by atoms with Gasteiger partial charge in [0.15, 0.2) is 5.96 Å². The topological polar surface area (TPSA) is 57.2 Å². The molecular weight excluding hydrogens is 280 g/mol. The van der Waals surface area contributed by atoms with E-state index in [1.54, 1.807) is 19.0 Å². The van der Waals surface area contributed by atoms with Gasteiger partial charge in [-0.3, -0.25) is 9.79 Å². The fourth-order valence-corrected chi connectivity index (χ4v) is 2.47. The summed E-state index contributed by atoms with van der Waals surface area (Å²) < 4.78 is 5.40. The first-order chi connectivity index (χ1) is 10.5. The van der Waals surface area contributed by atoms with Gasteiger partial charge in [-0.2, -0.15) is 0 Å². The molecule has 128 valence electrons. The summed E-state index contributed by atoms with van der Waals surface area (Å²) in [5, 5.41) is 3.30. The number of aliphatic imine (C=N–C) groups is 1. The van der Waals surface area contributed by atoms with E-state index < -0.39 is 0 Å². The zero-order valence-electron chi connectivity index (χ0n) is 14.6. The zero-order valence-corrected chi connectivity index (χ0v) is 14.6. The number of amides is 1. The van der Waals surface area contributed by atoms with Gasteiger partial charge < -0.3 is 19.9 Å². The summed E-state index contributed by atoms with van der Waals surface area (Å²) in [6, 6.07) is 0. The van der Waals surface area contributed by atoms with Crippen LogP contribution < -0.4 is 5.32 Å². The number of hydrogen-bond acceptors (Lipinski definition) is 3. The molecule has 6 heteroatoms. The van der Waals surface area contributed by atoms with Gasteiger partial charge in [-0.25, -0.2) is 0 Å². The van der Waals surface area contributed by atoms with Crippen molar-refractivity contribution >= 4 is 11.9 Å². The van der Waals surface area contributed by atoms with Gasteiger partial charge in [0.25, 0.3) is 0 Å². The lowest BCUT2D eigenvalue weighted by molar-refractivity contribution is -0.128. The first-order valence-electron chi connectivity index (χ1n) is 8.32. The van der Waals surface area contributed by atoms with Crippen LogP contribution in [0.2, 0.25) is 0 Å². The summed E-state index contributed by atoms with van der Waals surface area (Å²) in [6.45, 7) is 6.21. The Bertz CT molecular complexity index is 352. The van der Waals surface area contributed by atoms with Gasteiger partial charge in [0.1, 0.15) is 0 Å². The zero-order chi connectivity index (χ0) is 16.4. The number of rotatable bonds is 7. The van der Waals surface area contributed by atoms with Gasteiger partial charge in [-0.1, -0.05) is 0 Å². The molecule has 1 amide bonds. The normalized spacial score (nSPS) is 16.5. The van der Waals surface area contributed by atoms with Gasteiger partial charge in [-0.05, 0) is 32.1 Å². The van der Waals surface area contributed by atoms with Crippen LogP contribution >= 0.6 is 0 Å². The Morgan fingerprint density at radius 1 is 1.27 bits per heavy atom. The van der Waals surface area contributed by atoms with E-state index in [-0.39, 0.29) is 5.91 Å². The standard InChI is InChI=1S/C16H32N4O2/c1-5-17-16(18-10-6-15(21)19(2)3)20(4)11-7-14-8-12-22-13-9-14/h14H,5-13H2,1-4H3,(H,17,18). The molecule has 0 unspecified atom stereocenters. The van der Waals surface area contributed by atoms with Crippen LogP contribution in [0.15, 0.2) is 4.99 Å². The van der Waals surface area contributed by atoms with Gasteiger partial charge >= 0.3 is 0 Å². The second-order valence-electron chi connectivity index (χ2n) is 6.04. The Labute approximate surface area is 134 Å². The average Bonchev–Trinajstić information content (AvgIpc) is 2.52. The highest BCUT2D eigenvalue weighted by Crippen LogP contribution is 2.18.